The van der Waals surface area contributed by atoms with Crippen molar-refractivity contribution in [2.45, 2.75) is 0 Å². The minimum absolute atomic E-state index is 0.167. The molecule has 0 radical (unpaired) electrons. The molecule has 2 N–H and O–H groups in total. The van der Waals surface area contributed by atoms with E-state index in [1.165, 1.54) is 18.9 Å². The lowest BCUT2D eigenvalue weighted by molar-refractivity contribution is -0.817. The standard InChI is InChI=1S/C4H5N4O/c5-8-2-6-1-4(8)9-3-7-8/h1-3H,5H2/q+1. The molecule has 1 atom stereocenters. The lowest BCUT2D eigenvalue weighted by Gasteiger charge is -2.07. The third-order valence-electron chi connectivity index (χ3n) is 1.19. The average Bonchev–Trinajstić information content (AvgIpc) is 2.22. The maximum atomic E-state index is 5.56. The van der Waals surface area contributed by atoms with Crippen molar-refractivity contribution in [1.82, 2.24) is 0 Å². The van der Waals surface area contributed by atoms with Crippen LogP contribution in [0.4, 0.5) is 0 Å². The Bertz CT molecular complexity index is 231. The number of nitrogens with two attached hydrogens (primary N) is 1. The van der Waals surface area contributed by atoms with Gasteiger partial charge in [-0.05, 0) is 9.80 Å². The Morgan fingerprint density at radius 3 is 3.33 bits per heavy atom. The Kier molecular flexibility index (Phi) is 0.622. The van der Waals surface area contributed by atoms with Crippen molar-refractivity contribution in [1.29, 1.82) is 0 Å². The summed E-state index contributed by atoms with van der Waals surface area (Å²) in [6.07, 6.45) is 4.32. The second-order valence-corrected chi connectivity index (χ2v) is 1.81. The van der Waals surface area contributed by atoms with Gasteiger partial charge in [0.05, 0.1) is 0 Å². The fourth-order valence-corrected chi connectivity index (χ4v) is 0.705. The van der Waals surface area contributed by atoms with Gasteiger partial charge in [0.15, 0.2) is 0 Å². The van der Waals surface area contributed by atoms with E-state index in [1.54, 1.807) is 0 Å². The number of quaternary nitrogens is 1. The van der Waals surface area contributed by atoms with Crippen molar-refractivity contribution in [3.05, 3.63) is 12.1 Å². The first-order valence-corrected chi connectivity index (χ1v) is 2.44. The summed E-state index contributed by atoms with van der Waals surface area (Å²) in [5, 5.41) is 3.78. The van der Waals surface area contributed by atoms with E-state index in [0.717, 1.165) is 0 Å². The van der Waals surface area contributed by atoms with Crippen LogP contribution in [0.2, 0.25) is 0 Å². The number of hydrogen-bond acceptors (Lipinski definition) is 4. The molecule has 5 nitrogen and oxygen atoms in total. The molecule has 2 aliphatic heterocycles. The molecule has 0 aromatic rings. The van der Waals surface area contributed by atoms with Crippen molar-refractivity contribution in [2.75, 3.05) is 0 Å². The minimum atomic E-state index is -0.167. The predicted octanol–water partition coefficient (Wildman–Crippen LogP) is -0.509. The molecule has 0 aromatic heterocycles. The quantitative estimate of drug-likeness (QED) is 0.350. The third-order valence-corrected chi connectivity index (χ3v) is 1.19. The second kappa shape index (κ2) is 1.20. The summed E-state index contributed by atoms with van der Waals surface area (Å²) in [7, 11) is 0. The van der Waals surface area contributed by atoms with Crippen LogP contribution in [0.25, 0.3) is 0 Å². The third kappa shape index (κ3) is 0.443. The molecule has 0 spiro atoms. The van der Waals surface area contributed by atoms with E-state index >= 15 is 0 Å². The molecule has 0 aromatic carbocycles. The van der Waals surface area contributed by atoms with Gasteiger partial charge in [-0.15, -0.1) is 5.84 Å². The van der Waals surface area contributed by atoms with Gasteiger partial charge in [-0.25, -0.2) is 0 Å². The summed E-state index contributed by atoms with van der Waals surface area (Å²) in [4.78, 5) is 3.76. The molecular weight excluding hydrogens is 120 g/mol. The van der Waals surface area contributed by atoms with Gasteiger partial charge in [0.25, 0.3) is 0 Å². The van der Waals surface area contributed by atoms with E-state index in [2.05, 4.69) is 10.1 Å². The molecule has 0 saturated heterocycles. The van der Waals surface area contributed by atoms with E-state index in [1.807, 2.05) is 0 Å². The number of hydrogen-bond donors (Lipinski definition) is 1. The van der Waals surface area contributed by atoms with Gasteiger partial charge in [0, 0.05) is 0 Å². The van der Waals surface area contributed by atoms with Gasteiger partial charge in [-0.1, -0.05) is 0 Å². The molecule has 46 valence electrons. The molecule has 0 amide bonds. The summed E-state index contributed by atoms with van der Waals surface area (Å²) >= 11 is 0. The largest absolute Gasteiger partial charge is 0.390 e. The summed E-state index contributed by atoms with van der Waals surface area (Å²) in [5.74, 6) is 6.10. The smallest absolute Gasteiger partial charge is 0.370 e. The second-order valence-electron chi connectivity index (χ2n) is 1.81. The van der Waals surface area contributed by atoms with Gasteiger partial charge < -0.3 is 4.74 Å². The highest BCUT2D eigenvalue weighted by atomic mass is 16.5. The molecule has 0 aliphatic carbocycles. The molecule has 5 heteroatoms. The van der Waals surface area contributed by atoms with Crippen LogP contribution >= 0.6 is 0 Å². The highest BCUT2D eigenvalue weighted by Gasteiger charge is 2.38. The van der Waals surface area contributed by atoms with Gasteiger partial charge in [0.1, 0.15) is 6.20 Å². The van der Waals surface area contributed by atoms with Crippen LogP contribution in [-0.4, -0.2) is 17.4 Å². The Hall–Kier alpha value is -1.20. The normalized spacial score (nSPS) is 36.3. The van der Waals surface area contributed by atoms with Crippen molar-refractivity contribution in [2.24, 2.45) is 15.9 Å². The molecule has 9 heavy (non-hydrogen) atoms. The van der Waals surface area contributed by atoms with E-state index in [4.69, 9.17) is 10.6 Å². The first-order valence-electron chi connectivity index (χ1n) is 2.44. The molecule has 0 saturated carbocycles. The Morgan fingerprint density at radius 2 is 2.56 bits per heavy atom. The summed E-state index contributed by atoms with van der Waals surface area (Å²) in [6.45, 7) is 0. The zero-order chi connectivity index (χ0) is 6.32. The monoisotopic (exact) mass is 125 g/mol. The topological polar surface area (TPSA) is 60.0 Å². The van der Waals surface area contributed by atoms with Crippen molar-refractivity contribution in [3.8, 4) is 0 Å². The van der Waals surface area contributed by atoms with E-state index in [0.29, 0.717) is 5.88 Å². The number of fused-ring (bicyclic) bond motifs is 1. The van der Waals surface area contributed by atoms with E-state index in [9.17, 15) is 0 Å². The minimum Gasteiger partial charge on any atom is -0.390 e. The number of aliphatic imine (C=N–C) groups is 1. The van der Waals surface area contributed by atoms with Crippen molar-refractivity contribution in [3.63, 3.8) is 0 Å². The number of nitrogens with zero attached hydrogens (tertiary/aromatic N) is 3. The fourth-order valence-electron chi connectivity index (χ4n) is 0.705. The molecule has 2 rings (SSSR count). The van der Waals surface area contributed by atoms with Crippen LogP contribution in [-0.2, 0) is 4.74 Å². The first-order chi connectivity index (χ1) is 4.31. The molecule has 0 bridgehead atoms. The van der Waals surface area contributed by atoms with E-state index in [-0.39, 0.29) is 4.70 Å². The van der Waals surface area contributed by atoms with Crippen LogP contribution in [0.15, 0.2) is 22.2 Å². The maximum Gasteiger partial charge on any atom is 0.370 e. The molecule has 0 fully saturated rings. The van der Waals surface area contributed by atoms with Crippen LogP contribution in [0, 0.1) is 0 Å². The molecule has 2 aliphatic rings. The zero-order valence-corrected chi connectivity index (χ0v) is 4.56. The van der Waals surface area contributed by atoms with E-state index < -0.39 is 0 Å². The first kappa shape index (κ1) is 4.66. The molecule has 1 unspecified atom stereocenters. The average molecular weight is 125 g/mol. The SMILES string of the molecule is N[N+]12C=NC=C1OC=N2. The van der Waals surface area contributed by atoms with Crippen molar-refractivity contribution >= 4 is 12.7 Å². The maximum absolute atomic E-state index is 5.56. The molecular formula is C4H5N4O+. The lowest BCUT2D eigenvalue weighted by atomic mass is 10.8. The van der Waals surface area contributed by atoms with Gasteiger partial charge in [-0.3, -0.25) is 0 Å². The van der Waals surface area contributed by atoms with Crippen LogP contribution < -0.4 is 5.84 Å². The van der Waals surface area contributed by atoms with Crippen molar-refractivity contribution < 1.29 is 9.44 Å². The van der Waals surface area contributed by atoms with Crippen LogP contribution in [0.5, 0.6) is 0 Å². The Labute approximate surface area is 51.3 Å². The summed E-state index contributed by atoms with van der Waals surface area (Å²) < 4.78 is 4.70. The zero-order valence-electron chi connectivity index (χ0n) is 4.56. The highest BCUT2D eigenvalue weighted by Crippen LogP contribution is 2.20. The highest BCUT2D eigenvalue weighted by molar-refractivity contribution is 5.58. The Morgan fingerprint density at radius 1 is 1.67 bits per heavy atom. The summed E-state index contributed by atoms with van der Waals surface area (Å²) in [5.41, 5.74) is 0. The number of ether oxygens (including phenoxy) is 1. The van der Waals surface area contributed by atoms with Gasteiger partial charge in [-0.2, -0.15) is 4.99 Å². The fraction of sp³-hybridized carbons (Fsp3) is 0. The van der Waals surface area contributed by atoms with Crippen LogP contribution in [0.1, 0.15) is 0 Å². The van der Waals surface area contributed by atoms with Gasteiger partial charge in [0.2, 0.25) is 12.7 Å². The summed E-state index contributed by atoms with van der Waals surface area (Å²) in [6, 6.07) is 0. The van der Waals surface area contributed by atoms with Gasteiger partial charge >= 0.3 is 5.88 Å². The lowest BCUT2D eigenvalue weighted by Crippen LogP contribution is -2.43. The number of rotatable bonds is 0. The Balaban J connectivity index is 2.50. The molecule has 2 heterocycles. The van der Waals surface area contributed by atoms with Crippen LogP contribution in [0.3, 0.4) is 0 Å². The predicted molar refractivity (Wildman–Crippen MR) is 30.6 cm³/mol.